The number of benzene rings is 2. The molecule has 8 nitrogen and oxygen atoms in total. The van der Waals surface area contributed by atoms with Gasteiger partial charge in [0, 0.05) is 12.2 Å². The molecule has 0 aliphatic carbocycles. The third-order valence-corrected chi connectivity index (χ3v) is 5.16. The lowest BCUT2D eigenvalue weighted by Crippen LogP contribution is -2.44. The van der Waals surface area contributed by atoms with Gasteiger partial charge in [-0.25, -0.2) is 9.59 Å². The maximum Gasteiger partial charge on any atom is 0.338 e. The van der Waals surface area contributed by atoms with Crippen LogP contribution in [0, 0.1) is 0 Å². The van der Waals surface area contributed by atoms with Gasteiger partial charge < -0.3 is 15.4 Å². The van der Waals surface area contributed by atoms with Gasteiger partial charge in [0.2, 0.25) is 0 Å². The van der Waals surface area contributed by atoms with Crippen molar-refractivity contribution in [2.24, 2.45) is 0 Å². The molecule has 32 heavy (non-hydrogen) atoms. The van der Waals surface area contributed by atoms with Crippen molar-refractivity contribution >= 4 is 40.8 Å². The lowest BCUT2D eigenvalue weighted by Gasteiger charge is -2.14. The summed E-state index contributed by atoms with van der Waals surface area (Å²) < 4.78 is 5.15. The molecular weight excluding hydrogens is 430 g/mol. The Morgan fingerprint density at radius 3 is 2.47 bits per heavy atom. The molecule has 1 atom stereocenters. The standard InChI is InChI=1S/C23H21N3O5S/c1-15(20(27)26-23(30)24-14-16-7-3-2-4-8-16)31-22(29)17-9-5-10-18(13-17)25-21(28)19-11-6-12-32-19/h2-13,15H,14H2,1H3,(H,25,28)(H2,24,26,27,30). The summed E-state index contributed by atoms with van der Waals surface area (Å²) in [5, 5.41) is 9.18. The van der Waals surface area contributed by atoms with Gasteiger partial charge in [-0.3, -0.25) is 14.9 Å². The number of imide groups is 1. The van der Waals surface area contributed by atoms with Gasteiger partial charge in [0.05, 0.1) is 10.4 Å². The molecule has 0 radical (unpaired) electrons. The molecule has 0 saturated heterocycles. The Morgan fingerprint density at radius 2 is 1.75 bits per heavy atom. The van der Waals surface area contributed by atoms with Crippen LogP contribution in [0.25, 0.3) is 0 Å². The van der Waals surface area contributed by atoms with E-state index in [1.54, 1.807) is 29.6 Å². The first-order valence-electron chi connectivity index (χ1n) is 9.71. The van der Waals surface area contributed by atoms with Crippen LogP contribution in [0.5, 0.6) is 0 Å². The number of urea groups is 1. The number of esters is 1. The maximum atomic E-state index is 12.4. The Labute approximate surface area is 188 Å². The zero-order chi connectivity index (χ0) is 22.9. The van der Waals surface area contributed by atoms with Gasteiger partial charge in [-0.15, -0.1) is 11.3 Å². The molecule has 3 N–H and O–H groups in total. The van der Waals surface area contributed by atoms with Crippen molar-refractivity contribution in [2.75, 3.05) is 5.32 Å². The second kappa shape index (κ2) is 10.9. The topological polar surface area (TPSA) is 114 Å². The molecule has 0 spiro atoms. The van der Waals surface area contributed by atoms with E-state index in [-0.39, 0.29) is 18.0 Å². The van der Waals surface area contributed by atoms with E-state index in [9.17, 15) is 19.2 Å². The third kappa shape index (κ3) is 6.51. The Kier molecular flexibility index (Phi) is 7.71. The molecule has 1 aromatic heterocycles. The van der Waals surface area contributed by atoms with E-state index < -0.39 is 24.0 Å². The van der Waals surface area contributed by atoms with Crippen LogP contribution in [0.3, 0.4) is 0 Å². The first-order valence-corrected chi connectivity index (χ1v) is 10.6. The zero-order valence-electron chi connectivity index (χ0n) is 17.2. The van der Waals surface area contributed by atoms with Crippen LogP contribution in [0.15, 0.2) is 72.1 Å². The van der Waals surface area contributed by atoms with E-state index in [1.165, 1.54) is 30.4 Å². The van der Waals surface area contributed by atoms with E-state index in [1.807, 2.05) is 30.3 Å². The SMILES string of the molecule is CC(OC(=O)c1cccc(NC(=O)c2cccs2)c1)C(=O)NC(=O)NCc1ccccc1. The highest BCUT2D eigenvalue weighted by Gasteiger charge is 2.21. The van der Waals surface area contributed by atoms with Crippen molar-refractivity contribution in [3.8, 4) is 0 Å². The van der Waals surface area contributed by atoms with Crippen molar-refractivity contribution in [3.05, 3.63) is 88.1 Å². The molecule has 0 aliphatic rings. The van der Waals surface area contributed by atoms with Crippen LogP contribution in [-0.4, -0.2) is 29.9 Å². The van der Waals surface area contributed by atoms with Crippen molar-refractivity contribution in [3.63, 3.8) is 0 Å². The summed E-state index contributed by atoms with van der Waals surface area (Å²) in [5.74, 6) is -1.81. The summed E-state index contributed by atoms with van der Waals surface area (Å²) in [6, 6.07) is 18.1. The normalized spacial score (nSPS) is 11.2. The molecule has 164 valence electrons. The number of anilines is 1. The first-order chi connectivity index (χ1) is 15.4. The van der Waals surface area contributed by atoms with Gasteiger partial charge in [0.1, 0.15) is 0 Å². The molecule has 3 rings (SSSR count). The van der Waals surface area contributed by atoms with Crippen LogP contribution in [0.2, 0.25) is 0 Å². The van der Waals surface area contributed by atoms with Gasteiger partial charge in [0.25, 0.3) is 11.8 Å². The van der Waals surface area contributed by atoms with Gasteiger partial charge >= 0.3 is 12.0 Å². The predicted molar refractivity (Wildman–Crippen MR) is 120 cm³/mol. The number of hydrogen-bond acceptors (Lipinski definition) is 6. The molecule has 4 amide bonds. The van der Waals surface area contributed by atoms with Crippen LogP contribution < -0.4 is 16.0 Å². The monoisotopic (exact) mass is 451 g/mol. The van der Waals surface area contributed by atoms with Crippen LogP contribution in [-0.2, 0) is 16.1 Å². The van der Waals surface area contributed by atoms with Crippen LogP contribution in [0.4, 0.5) is 10.5 Å². The van der Waals surface area contributed by atoms with Gasteiger partial charge in [0.15, 0.2) is 6.10 Å². The second-order valence-electron chi connectivity index (χ2n) is 6.72. The average Bonchev–Trinajstić information content (AvgIpc) is 3.34. The lowest BCUT2D eigenvalue weighted by atomic mass is 10.2. The largest absolute Gasteiger partial charge is 0.449 e. The fourth-order valence-electron chi connectivity index (χ4n) is 2.64. The third-order valence-electron chi connectivity index (χ3n) is 4.29. The molecule has 2 aromatic carbocycles. The molecule has 1 heterocycles. The highest BCUT2D eigenvalue weighted by Crippen LogP contribution is 2.16. The first kappa shape index (κ1) is 22.7. The van der Waals surface area contributed by atoms with E-state index in [2.05, 4.69) is 16.0 Å². The summed E-state index contributed by atoms with van der Waals surface area (Å²) >= 11 is 1.30. The molecule has 0 aliphatic heterocycles. The number of ether oxygens (including phenoxy) is 1. The summed E-state index contributed by atoms with van der Waals surface area (Å²) in [4.78, 5) is 49.2. The van der Waals surface area contributed by atoms with E-state index in [0.717, 1.165) is 5.56 Å². The molecule has 0 saturated carbocycles. The predicted octanol–water partition coefficient (Wildman–Crippen LogP) is 3.57. The molecule has 0 bridgehead atoms. The quantitative estimate of drug-likeness (QED) is 0.475. The maximum absolute atomic E-state index is 12.4. The summed E-state index contributed by atoms with van der Waals surface area (Å²) in [6.07, 6.45) is -1.20. The fourth-order valence-corrected chi connectivity index (χ4v) is 3.26. The lowest BCUT2D eigenvalue weighted by molar-refractivity contribution is -0.127. The minimum Gasteiger partial charge on any atom is -0.449 e. The van der Waals surface area contributed by atoms with Crippen molar-refractivity contribution < 1.29 is 23.9 Å². The zero-order valence-corrected chi connectivity index (χ0v) is 18.0. The number of carbonyl (C=O) groups is 4. The number of carbonyl (C=O) groups excluding carboxylic acids is 4. The fraction of sp³-hybridized carbons (Fsp3) is 0.130. The van der Waals surface area contributed by atoms with Gasteiger partial charge in [-0.05, 0) is 42.1 Å². The Balaban J connectivity index is 1.50. The molecule has 3 aromatic rings. The number of hydrogen-bond donors (Lipinski definition) is 3. The Hall–Kier alpha value is -3.98. The van der Waals surface area contributed by atoms with Gasteiger partial charge in [-0.2, -0.15) is 0 Å². The molecule has 1 unspecified atom stereocenters. The van der Waals surface area contributed by atoms with E-state index in [0.29, 0.717) is 10.6 Å². The summed E-state index contributed by atoms with van der Waals surface area (Å²) in [7, 11) is 0. The Morgan fingerprint density at radius 1 is 0.969 bits per heavy atom. The second-order valence-corrected chi connectivity index (χ2v) is 7.66. The van der Waals surface area contributed by atoms with E-state index in [4.69, 9.17) is 4.74 Å². The highest BCUT2D eigenvalue weighted by molar-refractivity contribution is 7.12. The molecule has 0 fully saturated rings. The van der Waals surface area contributed by atoms with E-state index >= 15 is 0 Å². The number of nitrogens with one attached hydrogen (secondary N) is 3. The van der Waals surface area contributed by atoms with Crippen molar-refractivity contribution in [1.82, 2.24) is 10.6 Å². The highest BCUT2D eigenvalue weighted by atomic mass is 32.1. The summed E-state index contributed by atoms with van der Waals surface area (Å²) in [6.45, 7) is 1.61. The number of rotatable bonds is 7. The minimum atomic E-state index is -1.20. The average molecular weight is 452 g/mol. The molecular formula is C23H21N3O5S. The number of amides is 4. The Bertz CT molecular complexity index is 1100. The van der Waals surface area contributed by atoms with Gasteiger partial charge in [-0.1, -0.05) is 42.5 Å². The summed E-state index contributed by atoms with van der Waals surface area (Å²) in [5.41, 5.74) is 1.44. The van der Waals surface area contributed by atoms with Crippen LogP contribution >= 0.6 is 11.3 Å². The minimum absolute atomic E-state index is 0.155. The molecule has 9 heteroatoms. The smallest absolute Gasteiger partial charge is 0.338 e. The van der Waals surface area contributed by atoms with Crippen LogP contribution in [0.1, 0.15) is 32.5 Å². The van der Waals surface area contributed by atoms with Crippen molar-refractivity contribution in [1.29, 1.82) is 0 Å². The van der Waals surface area contributed by atoms with Crippen molar-refractivity contribution in [2.45, 2.75) is 19.6 Å². The number of thiophene rings is 1.